The third-order valence-electron chi connectivity index (χ3n) is 2.19. The molecule has 0 atom stereocenters. The van der Waals surface area contributed by atoms with Gasteiger partial charge >= 0.3 is 0 Å². The highest BCUT2D eigenvalue weighted by Crippen LogP contribution is 2.32. The molecule has 0 unspecified atom stereocenters. The molecule has 0 amide bonds. The highest BCUT2D eigenvalue weighted by molar-refractivity contribution is 14.1. The second-order valence-electron chi connectivity index (χ2n) is 3.46. The van der Waals surface area contributed by atoms with Crippen LogP contribution in [0.1, 0.15) is 0 Å². The zero-order valence-electron chi connectivity index (χ0n) is 8.99. The molecule has 0 saturated carbocycles. The third-order valence-corrected chi connectivity index (χ3v) is 2.86. The van der Waals surface area contributed by atoms with E-state index in [1.54, 1.807) is 6.07 Å². The molecule has 7 heteroatoms. The number of rotatable bonds is 2. The van der Waals surface area contributed by atoms with Crippen molar-refractivity contribution < 1.29 is 26.7 Å². The molecule has 2 rings (SSSR count). The second kappa shape index (κ2) is 5.32. The Labute approximate surface area is 118 Å². The highest BCUT2D eigenvalue weighted by atomic mass is 127. The van der Waals surface area contributed by atoms with Crippen LogP contribution in [0.5, 0.6) is 11.5 Å². The van der Waals surface area contributed by atoms with E-state index in [0.717, 1.165) is 0 Å². The number of benzene rings is 2. The van der Waals surface area contributed by atoms with Crippen LogP contribution in [-0.2, 0) is 0 Å². The van der Waals surface area contributed by atoms with Crippen LogP contribution in [0.3, 0.4) is 0 Å². The average Bonchev–Trinajstić information content (AvgIpc) is 2.39. The van der Waals surface area contributed by atoms with Gasteiger partial charge in [0.2, 0.25) is 34.8 Å². The summed E-state index contributed by atoms with van der Waals surface area (Å²) in [5.41, 5.74) is 0. The van der Waals surface area contributed by atoms with Gasteiger partial charge in [-0.1, -0.05) is 6.07 Å². The molecule has 0 heterocycles. The maximum absolute atomic E-state index is 13.3. The van der Waals surface area contributed by atoms with Gasteiger partial charge in [0.25, 0.3) is 0 Å². The Morgan fingerprint density at radius 3 is 1.84 bits per heavy atom. The van der Waals surface area contributed by atoms with Gasteiger partial charge in [-0.2, -0.15) is 8.78 Å². The fourth-order valence-corrected chi connectivity index (χ4v) is 1.84. The maximum atomic E-state index is 13.3. The molecule has 0 spiro atoms. The highest BCUT2D eigenvalue weighted by Gasteiger charge is 2.27. The molecule has 100 valence electrons. The van der Waals surface area contributed by atoms with Crippen LogP contribution in [0.4, 0.5) is 22.0 Å². The van der Waals surface area contributed by atoms with Crippen molar-refractivity contribution in [1.82, 2.24) is 0 Å². The minimum absolute atomic E-state index is 0.0323. The smallest absolute Gasteiger partial charge is 0.207 e. The van der Waals surface area contributed by atoms with Crippen LogP contribution < -0.4 is 4.74 Å². The van der Waals surface area contributed by atoms with Gasteiger partial charge in [-0.15, -0.1) is 0 Å². The van der Waals surface area contributed by atoms with E-state index in [2.05, 4.69) is 0 Å². The summed E-state index contributed by atoms with van der Waals surface area (Å²) in [4.78, 5) is 0. The molecule has 0 bridgehead atoms. The fourth-order valence-electron chi connectivity index (χ4n) is 1.32. The summed E-state index contributed by atoms with van der Waals surface area (Å²) >= 11 is 1.91. The van der Waals surface area contributed by atoms with Gasteiger partial charge in [-0.25, -0.2) is 13.2 Å². The molecule has 0 fully saturated rings. The van der Waals surface area contributed by atoms with E-state index in [1.807, 2.05) is 22.6 Å². The lowest BCUT2D eigenvalue weighted by Gasteiger charge is -2.10. The predicted octanol–water partition coefficient (Wildman–Crippen LogP) is 4.78. The van der Waals surface area contributed by atoms with E-state index < -0.39 is 34.8 Å². The molecule has 0 aliphatic carbocycles. The predicted molar refractivity (Wildman–Crippen MR) is 65.5 cm³/mol. The molecule has 0 saturated heterocycles. The average molecular weight is 386 g/mol. The number of hydrogen-bond donors (Lipinski definition) is 0. The molecule has 19 heavy (non-hydrogen) atoms. The Kier molecular flexibility index (Phi) is 3.93. The summed E-state index contributed by atoms with van der Waals surface area (Å²) < 4.78 is 70.8. The Hall–Kier alpha value is -1.38. The van der Waals surface area contributed by atoms with E-state index in [1.165, 1.54) is 18.2 Å². The van der Waals surface area contributed by atoms with Crippen LogP contribution >= 0.6 is 22.6 Å². The molecule has 0 radical (unpaired) electrons. The van der Waals surface area contributed by atoms with Crippen molar-refractivity contribution in [3.63, 3.8) is 0 Å². The van der Waals surface area contributed by atoms with Crippen molar-refractivity contribution in [3.05, 3.63) is 56.9 Å². The summed E-state index contributed by atoms with van der Waals surface area (Å²) in [5, 5.41) is 0. The topological polar surface area (TPSA) is 9.23 Å². The van der Waals surface area contributed by atoms with Crippen molar-refractivity contribution in [1.29, 1.82) is 0 Å². The lowest BCUT2D eigenvalue weighted by atomic mass is 10.2. The van der Waals surface area contributed by atoms with Crippen molar-refractivity contribution in [2.24, 2.45) is 0 Å². The van der Waals surface area contributed by atoms with E-state index in [0.29, 0.717) is 3.57 Å². The van der Waals surface area contributed by atoms with Crippen molar-refractivity contribution >= 4 is 22.6 Å². The quantitative estimate of drug-likeness (QED) is 0.313. The molecule has 1 nitrogen and oxygen atoms in total. The van der Waals surface area contributed by atoms with Crippen LogP contribution in [0.15, 0.2) is 24.3 Å². The minimum Gasteiger partial charge on any atom is -0.451 e. The summed E-state index contributed by atoms with van der Waals surface area (Å²) in [6, 6.07) is 5.91. The molecule has 0 aromatic heterocycles. The van der Waals surface area contributed by atoms with Crippen LogP contribution in [0.25, 0.3) is 0 Å². The van der Waals surface area contributed by atoms with Crippen molar-refractivity contribution in [2.45, 2.75) is 0 Å². The first-order valence-electron chi connectivity index (χ1n) is 4.86. The molecule has 0 N–H and O–H groups in total. The standard InChI is InChI=1S/C12H4F5IO/c13-7-8(14)10(16)12(11(17)9(7)15)19-6-3-1-2-5(18)4-6/h1-4H. The SMILES string of the molecule is Fc1c(F)c(F)c(Oc2cccc(I)c2)c(F)c1F. The third kappa shape index (κ3) is 2.65. The molecular formula is C12H4F5IO. The Morgan fingerprint density at radius 1 is 0.789 bits per heavy atom. The molecule has 0 aliphatic heterocycles. The monoisotopic (exact) mass is 386 g/mol. The maximum Gasteiger partial charge on any atom is 0.207 e. The van der Waals surface area contributed by atoms with Gasteiger partial charge in [-0.3, -0.25) is 0 Å². The second-order valence-corrected chi connectivity index (χ2v) is 4.70. The van der Waals surface area contributed by atoms with Gasteiger partial charge in [0, 0.05) is 3.57 Å². The molecule has 0 aliphatic rings. The van der Waals surface area contributed by atoms with Gasteiger partial charge in [0.15, 0.2) is 0 Å². The minimum atomic E-state index is -2.22. The van der Waals surface area contributed by atoms with Gasteiger partial charge < -0.3 is 4.74 Å². The zero-order valence-corrected chi connectivity index (χ0v) is 11.1. The number of hydrogen-bond acceptors (Lipinski definition) is 1. The normalized spacial score (nSPS) is 10.6. The summed E-state index contributed by atoms with van der Waals surface area (Å²) in [6.07, 6.45) is 0. The fraction of sp³-hybridized carbons (Fsp3) is 0. The van der Waals surface area contributed by atoms with E-state index >= 15 is 0 Å². The van der Waals surface area contributed by atoms with Crippen LogP contribution in [0, 0.1) is 32.7 Å². The van der Waals surface area contributed by atoms with Gasteiger partial charge in [0.05, 0.1) is 0 Å². The van der Waals surface area contributed by atoms with Crippen LogP contribution in [0.2, 0.25) is 0 Å². The Balaban J connectivity index is 2.52. The van der Waals surface area contributed by atoms with E-state index in [-0.39, 0.29) is 5.75 Å². The van der Waals surface area contributed by atoms with Crippen LogP contribution in [-0.4, -0.2) is 0 Å². The van der Waals surface area contributed by atoms with Gasteiger partial charge in [0.1, 0.15) is 5.75 Å². The number of halogens is 6. The van der Waals surface area contributed by atoms with Crippen molar-refractivity contribution in [2.75, 3.05) is 0 Å². The summed E-state index contributed by atoms with van der Waals surface area (Å²) in [5.74, 6) is -11.7. The lowest BCUT2D eigenvalue weighted by molar-refractivity contribution is 0.332. The first-order chi connectivity index (χ1) is 8.91. The van der Waals surface area contributed by atoms with E-state index in [4.69, 9.17) is 4.74 Å². The molecular weight excluding hydrogens is 382 g/mol. The Morgan fingerprint density at radius 2 is 1.32 bits per heavy atom. The first-order valence-corrected chi connectivity index (χ1v) is 5.94. The van der Waals surface area contributed by atoms with E-state index in [9.17, 15) is 22.0 Å². The zero-order chi connectivity index (χ0) is 14.2. The molecule has 2 aromatic rings. The first kappa shape index (κ1) is 14.0. The lowest BCUT2D eigenvalue weighted by Crippen LogP contribution is -2.04. The Bertz CT molecular complexity index is 615. The summed E-state index contributed by atoms with van der Waals surface area (Å²) in [7, 11) is 0. The molecule has 2 aromatic carbocycles. The summed E-state index contributed by atoms with van der Waals surface area (Å²) in [6.45, 7) is 0. The van der Waals surface area contributed by atoms with Crippen molar-refractivity contribution in [3.8, 4) is 11.5 Å². The number of ether oxygens (including phenoxy) is 1. The largest absolute Gasteiger partial charge is 0.451 e. The van der Waals surface area contributed by atoms with Gasteiger partial charge in [-0.05, 0) is 40.8 Å².